The first kappa shape index (κ1) is 12.1. The number of rotatable bonds is 2. The molecule has 0 unspecified atom stereocenters. The molecule has 2 aromatic rings. The second kappa shape index (κ2) is 4.89. The van der Waals surface area contributed by atoms with Crippen molar-refractivity contribution in [1.29, 1.82) is 0 Å². The van der Waals surface area contributed by atoms with E-state index in [4.69, 9.17) is 5.73 Å². The molecule has 0 amide bonds. The maximum Gasteiger partial charge on any atom is 0.159 e. The summed E-state index contributed by atoms with van der Waals surface area (Å²) in [7, 11) is 0. The monoisotopic (exact) mass is 295 g/mol. The molecular weight excluding hydrogens is 285 g/mol. The zero-order valence-corrected chi connectivity index (χ0v) is 10.8. The molecule has 1 heterocycles. The lowest BCUT2D eigenvalue weighted by molar-refractivity contribution is 0.621. The number of nitrogens with zero attached hydrogens (tertiary/aromatic N) is 2. The van der Waals surface area contributed by atoms with Crippen molar-refractivity contribution < 1.29 is 4.39 Å². The second-order valence-corrected chi connectivity index (χ2v) is 4.51. The van der Waals surface area contributed by atoms with E-state index in [-0.39, 0.29) is 5.82 Å². The lowest BCUT2D eigenvalue weighted by Crippen LogP contribution is -2.03. The number of hydrogen-bond acceptors (Lipinski definition) is 3. The van der Waals surface area contributed by atoms with E-state index in [1.54, 1.807) is 12.1 Å². The van der Waals surface area contributed by atoms with E-state index in [0.29, 0.717) is 16.8 Å². The first-order chi connectivity index (χ1) is 8.10. The molecule has 17 heavy (non-hydrogen) atoms. The van der Waals surface area contributed by atoms with Crippen molar-refractivity contribution in [2.24, 2.45) is 5.73 Å². The van der Waals surface area contributed by atoms with Crippen LogP contribution in [-0.4, -0.2) is 9.97 Å². The van der Waals surface area contributed by atoms with Gasteiger partial charge in [0.25, 0.3) is 0 Å². The van der Waals surface area contributed by atoms with Crippen LogP contribution in [0.2, 0.25) is 0 Å². The minimum atomic E-state index is -0.305. The Kier molecular flexibility index (Phi) is 3.49. The van der Waals surface area contributed by atoms with E-state index in [1.165, 1.54) is 6.07 Å². The highest BCUT2D eigenvalue weighted by atomic mass is 79.9. The van der Waals surface area contributed by atoms with Crippen molar-refractivity contribution in [3.05, 3.63) is 45.9 Å². The van der Waals surface area contributed by atoms with E-state index in [0.717, 1.165) is 17.0 Å². The van der Waals surface area contributed by atoms with Crippen LogP contribution < -0.4 is 5.73 Å². The van der Waals surface area contributed by atoms with E-state index in [9.17, 15) is 4.39 Å². The summed E-state index contributed by atoms with van der Waals surface area (Å²) in [5.41, 5.74) is 7.94. The molecule has 0 spiro atoms. The van der Waals surface area contributed by atoms with Crippen LogP contribution in [0.15, 0.2) is 28.7 Å². The molecule has 3 nitrogen and oxygen atoms in total. The van der Waals surface area contributed by atoms with Crippen LogP contribution in [-0.2, 0) is 6.54 Å². The molecule has 2 N–H and O–H groups in total. The Bertz CT molecular complexity index is 557. The quantitative estimate of drug-likeness (QED) is 0.927. The molecule has 2 rings (SSSR count). The van der Waals surface area contributed by atoms with Crippen LogP contribution in [0, 0.1) is 12.7 Å². The number of hydrogen-bond donors (Lipinski definition) is 1. The minimum absolute atomic E-state index is 0.305. The minimum Gasteiger partial charge on any atom is -0.325 e. The van der Waals surface area contributed by atoms with Gasteiger partial charge in [-0.1, -0.05) is 0 Å². The standard InChI is InChI=1S/C12H11BrFN3/c1-7-4-9(6-15)17-12(16-7)8-2-3-11(14)10(13)5-8/h2-5H,6,15H2,1H3. The van der Waals surface area contributed by atoms with E-state index in [1.807, 2.05) is 13.0 Å². The molecule has 1 aromatic carbocycles. The first-order valence-electron chi connectivity index (χ1n) is 5.10. The Hall–Kier alpha value is -1.33. The van der Waals surface area contributed by atoms with Crippen molar-refractivity contribution in [2.45, 2.75) is 13.5 Å². The average Bonchev–Trinajstić information content (AvgIpc) is 2.32. The highest BCUT2D eigenvalue weighted by Gasteiger charge is 2.07. The molecule has 0 aliphatic rings. The van der Waals surface area contributed by atoms with Gasteiger partial charge in [0, 0.05) is 17.8 Å². The lowest BCUT2D eigenvalue weighted by Gasteiger charge is -2.05. The molecule has 0 aliphatic heterocycles. The second-order valence-electron chi connectivity index (χ2n) is 3.66. The van der Waals surface area contributed by atoms with Crippen molar-refractivity contribution in [3.63, 3.8) is 0 Å². The van der Waals surface area contributed by atoms with Crippen LogP contribution in [0.5, 0.6) is 0 Å². The predicted molar refractivity (Wildman–Crippen MR) is 67.8 cm³/mol. The molecule has 0 saturated carbocycles. The van der Waals surface area contributed by atoms with E-state index in [2.05, 4.69) is 25.9 Å². The highest BCUT2D eigenvalue weighted by molar-refractivity contribution is 9.10. The summed E-state index contributed by atoms with van der Waals surface area (Å²) < 4.78 is 13.5. The van der Waals surface area contributed by atoms with Gasteiger partial charge in [-0.15, -0.1) is 0 Å². The van der Waals surface area contributed by atoms with Gasteiger partial charge in [0.1, 0.15) is 5.82 Å². The van der Waals surface area contributed by atoms with E-state index >= 15 is 0 Å². The SMILES string of the molecule is Cc1cc(CN)nc(-c2ccc(F)c(Br)c2)n1. The van der Waals surface area contributed by atoms with Crippen LogP contribution in [0.3, 0.4) is 0 Å². The third-order valence-electron chi connectivity index (χ3n) is 2.29. The fourth-order valence-electron chi connectivity index (χ4n) is 1.50. The van der Waals surface area contributed by atoms with Gasteiger partial charge in [-0.05, 0) is 47.1 Å². The maximum atomic E-state index is 13.1. The number of halogens is 2. The summed E-state index contributed by atoms with van der Waals surface area (Å²) in [4.78, 5) is 8.63. The van der Waals surface area contributed by atoms with Gasteiger partial charge in [0.05, 0.1) is 10.2 Å². The Morgan fingerprint density at radius 2 is 2.06 bits per heavy atom. The van der Waals surface area contributed by atoms with Crippen LogP contribution >= 0.6 is 15.9 Å². The molecular formula is C12H11BrFN3. The van der Waals surface area contributed by atoms with Gasteiger partial charge in [0.15, 0.2) is 5.82 Å². The van der Waals surface area contributed by atoms with Gasteiger partial charge < -0.3 is 5.73 Å². The Morgan fingerprint density at radius 3 is 2.71 bits per heavy atom. The normalized spacial score (nSPS) is 10.6. The first-order valence-corrected chi connectivity index (χ1v) is 5.89. The predicted octanol–water partition coefficient (Wildman–Crippen LogP) is 2.81. The van der Waals surface area contributed by atoms with Crippen LogP contribution in [0.1, 0.15) is 11.4 Å². The molecule has 0 saturated heterocycles. The lowest BCUT2D eigenvalue weighted by atomic mass is 10.2. The van der Waals surface area contributed by atoms with Crippen molar-refractivity contribution in [2.75, 3.05) is 0 Å². The fourth-order valence-corrected chi connectivity index (χ4v) is 1.88. The van der Waals surface area contributed by atoms with E-state index < -0.39 is 0 Å². The van der Waals surface area contributed by atoms with Gasteiger partial charge in [-0.3, -0.25) is 0 Å². The molecule has 0 bridgehead atoms. The number of aromatic nitrogens is 2. The molecule has 5 heteroatoms. The molecule has 88 valence electrons. The summed E-state index contributed by atoms with van der Waals surface area (Å²) in [5, 5.41) is 0. The van der Waals surface area contributed by atoms with Gasteiger partial charge in [0.2, 0.25) is 0 Å². The zero-order chi connectivity index (χ0) is 12.4. The van der Waals surface area contributed by atoms with Gasteiger partial charge >= 0.3 is 0 Å². The maximum absolute atomic E-state index is 13.1. The fraction of sp³-hybridized carbons (Fsp3) is 0.167. The summed E-state index contributed by atoms with van der Waals surface area (Å²) in [5.74, 6) is 0.256. The molecule has 0 fully saturated rings. The van der Waals surface area contributed by atoms with Crippen molar-refractivity contribution in [1.82, 2.24) is 9.97 Å². The molecule has 1 aromatic heterocycles. The highest BCUT2D eigenvalue weighted by Crippen LogP contribution is 2.23. The van der Waals surface area contributed by atoms with Crippen LogP contribution in [0.4, 0.5) is 4.39 Å². The Balaban J connectivity index is 2.52. The average molecular weight is 296 g/mol. The third kappa shape index (κ3) is 2.68. The summed E-state index contributed by atoms with van der Waals surface area (Å²) >= 11 is 3.14. The number of benzene rings is 1. The van der Waals surface area contributed by atoms with Gasteiger partial charge in [-0.2, -0.15) is 0 Å². The summed E-state index contributed by atoms with van der Waals surface area (Å²) in [6, 6.07) is 6.52. The molecule has 0 radical (unpaired) electrons. The summed E-state index contributed by atoms with van der Waals surface area (Å²) in [6.07, 6.45) is 0. The van der Waals surface area contributed by atoms with Crippen molar-refractivity contribution in [3.8, 4) is 11.4 Å². The topological polar surface area (TPSA) is 51.8 Å². The smallest absolute Gasteiger partial charge is 0.159 e. The number of nitrogens with two attached hydrogens (primary N) is 1. The third-order valence-corrected chi connectivity index (χ3v) is 2.90. The van der Waals surface area contributed by atoms with Gasteiger partial charge in [-0.25, -0.2) is 14.4 Å². The summed E-state index contributed by atoms with van der Waals surface area (Å²) in [6.45, 7) is 2.24. The Morgan fingerprint density at radius 1 is 1.29 bits per heavy atom. The van der Waals surface area contributed by atoms with Crippen LogP contribution in [0.25, 0.3) is 11.4 Å². The zero-order valence-electron chi connectivity index (χ0n) is 9.24. The largest absolute Gasteiger partial charge is 0.325 e. The Labute approximate surface area is 107 Å². The molecule has 0 atom stereocenters. The number of aryl methyl sites for hydroxylation is 1. The van der Waals surface area contributed by atoms with Crippen molar-refractivity contribution >= 4 is 15.9 Å². The molecule has 0 aliphatic carbocycles.